The van der Waals surface area contributed by atoms with Gasteiger partial charge < -0.3 is 4.90 Å². The highest BCUT2D eigenvalue weighted by Crippen LogP contribution is 2.23. The van der Waals surface area contributed by atoms with Crippen LogP contribution in [0.3, 0.4) is 0 Å². The maximum atomic E-state index is 12.5. The lowest BCUT2D eigenvalue weighted by molar-refractivity contribution is 0.347. The van der Waals surface area contributed by atoms with E-state index in [1.54, 1.807) is 0 Å². The molecule has 0 bridgehead atoms. The number of likely N-dealkylation sites (N-methyl/N-ethyl adjacent to an activating group) is 1. The summed E-state index contributed by atoms with van der Waals surface area (Å²) in [5.41, 5.74) is 0. The van der Waals surface area contributed by atoms with Gasteiger partial charge in [0.25, 0.3) is 0 Å². The fourth-order valence-corrected chi connectivity index (χ4v) is 3.83. The van der Waals surface area contributed by atoms with Gasteiger partial charge in [0.2, 0.25) is 10.0 Å². The fraction of sp³-hybridized carbons (Fsp3) is 0.545. The van der Waals surface area contributed by atoms with Crippen molar-refractivity contribution in [3.8, 4) is 0 Å². The molecule has 1 aromatic heterocycles. The molecule has 100 valence electrons. The van der Waals surface area contributed by atoms with Crippen molar-refractivity contribution in [2.75, 3.05) is 33.2 Å². The number of nitrogens with zero attached hydrogens (tertiary/aromatic N) is 3. The fourth-order valence-electron chi connectivity index (χ4n) is 1.96. The van der Waals surface area contributed by atoms with Crippen molar-refractivity contribution < 1.29 is 8.42 Å². The largest absolute Gasteiger partial charge is 0.305 e. The summed E-state index contributed by atoms with van der Waals surface area (Å²) in [5.74, 6) is 0. The Morgan fingerprint density at radius 1 is 1.28 bits per heavy atom. The van der Waals surface area contributed by atoms with Crippen molar-refractivity contribution in [1.29, 1.82) is 0 Å². The SMILES string of the molecule is CN1CCCN(S(=O)(=O)c2cnccc2Cl)CC1. The van der Waals surface area contributed by atoms with Crippen molar-refractivity contribution >= 4 is 21.6 Å². The predicted octanol–water partition coefficient (Wildman–Crippen LogP) is 1.06. The van der Waals surface area contributed by atoms with Crippen LogP contribution >= 0.6 is 11.6 Å². The van der Waals surface area contributed by atoms with Crippen LogP contribution in [0.1, 0.15) is 6.42 Å². The second-order valence-corrected chi connectivity index (χ2v) is 6.68. The van der Waals surface area contributed by atoms with Gasteiger partial charge in [-0.15, -0.1) is 0 Å². The molecule has 1 saturated heterocycles. The quantitative estimate of drug-likeness (QED) is 0.817. The maximum absolute atomic E-state index is 12.5. The van der Waals surface area contributed by atoms with Gasteiger partial charge in [0.1, 0.15) is 4.90 Å². The van der Waals surface area contributed by atoms with Gasteiger partial charge in [-0.1, -0.05) is 11.6 Å². The predicted molar refractivity (Wildman–Crippen MR) is 70.1 cm³/mol. The molecule has 0 unspecified atom stereocenters. The molecule has 0 saturated carbocycles. The van der Waals surface area contributed by atoms with Gasteiger partial charge in [-0.25, -0.2) is 8.42 Å². The van der Waals surface area contributed by atoms with E-state index >= 15 is 0 Å². The standard InChI is InChI=1S/C11H16ClN3O2S/c1-14-5-2-6-15(8-7-14)18(16,17)11-9-13-4-3-10(11)12/h3-4,9H,2,5-8H2,1H3. The molecule has 2 rings (SSSR count). The Bertz CT molecular complexity index is 521. The summed E-state index contributed by atoms with van der Waals surface area (Å²) in [4.78, 5) is 6.06. The number of halogens is 1. The number of hydrogen-bond acceptors (Lipinski definition) is 4. The number of pyridine rings is 1. The van der Waals surface area contributed by atoms with E-state index in [1.165, 1.54) is 22.8 Å². The van der Waals surface area contributed by atoms with Crippen molar-refractivity contribution in [2.24, 2.45) is 0 Å². The zero-order valence-corrected chi connectivity index (χ0v) is 11.8. The zero-order valence-electron chi connectivity index (χ0n) is 10.2. The Morgan fingerprint density at radius 2 is 2.06 bits per heavy atom. The summed E-state index contributed by atoms with van der Waals surface area (Å²) in [5, 5.41) is 0.225. The van der Waals surface area contributed by atoms with Gasteiger partial charge in [-0.05, 0) is 26.1 Å². The Labute approximate surface area is 112 Å². The summed E-state index contributed by atoms with van der Waals surface area (Å²) < 4.78 is 26.4. The van der Waals surface area contributed by atoms with E-state index in [9.17, 15) is 8.42 Å². The lowest BCUT2D eigenvalue weighted by atomic mass is 10.4. The highest BCUT2D eigenvalue weighted by Gasteiger charge is 2.28. The highest BCUT2D eigenvalue weighted by atomic mass is 35.5. The van der Waals surface area contributed by atoms with Crippen molar-refractivity contribution in [2.45, 2.75) is 11.3 Å². The van der Waals surface area contributed by atoms with Crippen LogP contribution in [0.4, 0.5) is 0 Å². The van der Waals surface area contributed by atoms with Gasteiger partial charge in [0.05, 0.1) is 5.02 Å². The monoisotopic (exact) mass is 289 g/mol. The van der Waals surface area contributed by atoms with E-state index in [0.29, 0.717) is 13.1 Å². The van der Waals surface area contributed by atoms with Gasteiger partial charge in [0, 0.05) is 32.0 Å². The first-order valence-electron chi connectivity index (χ1n) is 5.80. The Kier molecular flexibility index (Phi) is 4.21. The number of sulfonamides is 1. The first kappa shape index (κ1) is 13.7. The van der Waals surface area contributed by atoms with Gasteiger partial charge in [0.15, 0.2) is 0 Å². The molecule has 0 N–H and O–H groups in total. The van der Waals surface area contributed by atoms with Gasteiger partial charge in [-0.2, -0.15) is 4.31 Å². The number of hydrogen-bond donors (Lipinski definition) is 0. The van der Waals surface area contributed by atoms with Crippen molar-refractivity contribution in [3.05, 3.63) is 23.5 Å². The molecule has 1 aromatic rings. The van der Waals surface area contributed by atoms with Gasteiger partial charge >= 0.3 is 0 Å². The first-order valence-corrected chi connectivity index (χ1v) is 7.62. The summed E-state index contributed by atoms with van der Waals surface area (Å²) in [6.07, 6.45) is 3.62. The minimum absolute atomic E-state index is 0.0937. The number of rotatable bonds is 2. The Balaban J connectivity index is 2.28. The van der Waals surface area contributed by atoms with E-state index < -0.39 is 10.0 Å². The third-order valence-electron chi connectivity index (χ3n) is 3.03. The van der Waals surface area contributed by atoms with E-state index in [2.05, 4.69) is 9.88 Å². The molecule has 0 radical (unpaired) electrons. The lowest BCUT2D eigenvalue weighted by Gasteiger charge is -2.20. The normalized spacial score (nSPS) is 19.7. The molecule has 0 amide bonds. The van der Waals surface area contributed by atoms with Crippen LogP contribution in [0, 0.1) is 0 Å². The molecule has 0 aliphatic carbocycles. The minimum Gasteiger partial charge on any atom is -0.305 e. The minimum atomic E-state index is -3.53. The molecule has 1 fully saturated rings. The molecular formula is C11H16ClN3O2S. The summed E-state index contributed by atoms with van der Waals surface area (Å²) in [6, 6.07) is 1.50. The molecule has 1 aliphatic rings. The summed E-state index contributed by atoms with van der Waals surface area (Å²) in [7, 11) is -1.53. The van der Waals surface area contributed by atoms with Crippen LogP contribution < -0.4 is 0 Å². The van der Waals surface area contributed by atoms with Crippen LogP contribution in [0.25, 0.3) is 0 Å². The highest BCUT2D eigenvalue weighted by molar-refractivity contribution is 7.89. The van der Waals surface area contributed by atoms with Crippen LogP contribution in [0.2, 0.25) is 5.02 Å². The summed E-state index contributed by atoms with van der Waals surface area (Å²) >= 11 is 5.94. The molecular weight excluding hydrogens is 274 g/mol. The van der Waals surface area contributed by atoms with E-state index in [-0.39, 0.29) is 9.92 Å². The topological polar surface area (TPSA) is 53.5 Å². The second kappa shape index (κ2) is 5.52. The van der Waals surface area contributed by atoms with E-state index in [1.807, 2.05) is 7.05 Å². The van der Waals surface area contributed by atoms with Gasteiger partial charge in [-0.3, -0.25) is 4.98 Å². The molecule has 5 nitrogen and oxygen atoms in total. The first-order chi connectivity index (χ1) is 8.51. The molecule has 2 heterocycles. The smallest absolute Gasteiger partial charge is 0.246 e. The average Bonchev–Trinajstić information content (AvgIpc) is 2.54. The average molecular weight is 290 g/mol. The third-order valence-corrected chi connectivity index (χ3v) is 5.40. The molecule has 0 aromatic carbocycles. The molecule has 7 heteroatoms. The maximum Gasteiger partial charge on any atom is 0.246 e. The van der Waals surface area contributed by atoms with E-state index in [4.69, 9.17) is 11.6 Å². The lowest BCUT2D eigenvalue weighted by Crippen LogP contribution is -2.34. The Hall–Kier alpha value is -0.690. The van der Waals surface area contributed by atoms with Crippen molar-refractivity contribution in [1.82, 2.24) is 14.2 Å². The molecule has 18 heavy (non-hydrogen) atoms. The second-order valence-electron chi connectivity index (χ2n) is 4.37. The third kappa shape index (κ3) is 2.83. The molecule has 0 spiro atoms. The molecule has 1 aliphatic heterocycles. The Morgan fingerprint density at radius 3 is 2.78 bits per heavy atom. The number of aromatic nitrogens is 1. The van der Waals surface area contributed by atoms with E-state index in [0.717, 1.165) is 19.5 Å². The van der Waals surface area contributed by atoms with Crippen LogP contribution in [-0.4, -0.2) is 55.8 Å². The van der Waals surface area contributed by atoms with Crippen LogP contribution in [0.15, 0.2) is 23.4 Å². The van der Waals surface area contributed by atoms with Crippen LogP contribution in [0.5, 0.6) is 0 Å². The van der Waals surface area contributed by atoms with Crippen molar-refractivity contribution in [3.63, 3.8) is 0 Å². The molecule has 0 atom stereocenters. The van der Waals surface area contributed by atoms with Crippen LogP contribution in [-0.2, 0) is 10.0 Å². The summed E-state index contributed by atoms with van der Waals surface area (Å²) in [6.45, 7) is 2.66. The zero-order chi connectivity index (χ0) is 13.2.